The van der Waals surface area contributed by atoms with Crippen LogP contribution >= 0.6 is 0 Å². The van der Waals surface area contributed by atoms with Gasteiger partial charge in [0.1, 0.15) is 5.82 Å². The first kappa shape index (κ1) is 20.8. The van der Waals surface area contributed by atoms with Gasteiger partial charge >= 0.3 is 0 Å². The van der Waals surface area contributed by atoms with Gasteiger partial charge in [0.2, 0.25) is 5.91 Å². The van der Waals surface area contributed by atoms with Crippen LogP contribution in [-0.2, 0) is 16.1 Å². The van der Waals surface area contributed by atoms with Crippen LogP contribution in [-0.4, -0.2) is 21.6 Å². The first-order valence-corrected chi connectivity index (χ1v) is 9.83. The molecule has 6 nitrogen and oxygen atoms in total. The van der Waals surface area contributed by atoms with E-state index in [0.717, 1.165) is 49.2 Å². The summed E-state index contributed by atoms with van der Waals surface area (Å²) in [5.41, 5.74) is 6.44. The van der Waals surface area contributed by atoms with E-state index in [1.54, 1.807) is 11.5 Å². The molecule has 2 amide bonds. The van der Waals surface area contributed by atoms with Crippen LogP contribution in [0.3, 0.4) is 0 Å². The van der Waals surface area contributed by atoms with E-state index < -0.39 is 0 Å². The van der Waals surface area contributed by atoms with E-state index in [9.17, 15) is 14.0 Å². The lowest BCUT2D eigenvalue weighted by Crippen LogP contribution is -2.17. The second-order valence-corrected chi connectivity index (χ2v) is 7.41. The molecule has 1 aromatic heterocycles. The van der Waals surface area contributed by atoms with Crippen LogP contribution in [0.25, 0.3) is 11.6 Å². The number of halogens is 1. The second kappa shape index (κ2) is 9.05. The van der Waals surface area contributed by atoms with Gasteiger partial charge in [-0.25, -0.2) is 9.87 Å². The second-order valence-electron chi connectivity index (χ2n) is 7.41. The van der Waals surface area contributed by atoms with E-state index in [4.69, 9.17) is 5.21 Å². The minimum atomic E-state index is -0.371. The number of rotatable bonds is 8. The summed E-state index contributed by atoms with van der Waals surface area (Å²) in [5, 5.41) is 11.3. The van der Waals surface area contributed by atoms with Crippen molar-refractivity contribution in [1.29, 1.82) is 0 Å². The van der Waals surface area contributed by atoms with Crippen molar-refractivity contribution >= 4 is 29.2 Å². The summed E-state index contributed by atoms with van der Waals surface area (Å²) in [7, 11) is 0. The molecule has 0 atom stereocenters. The van der Waals surface area contributed by atoms with Gasteiger partial charge in [0.25, 0.3) is 5.91 Å². The lowest BCUT2D eigenvalue weighted by atomic mass is 10.0. The Morgan fingerprint density at radius 2 is 1.97 bits per heavy atom. The molecule has 0 spiro atoms. The van der Waals surface area contributed by atoms with Crippen molar-refractivity contribution in [1.82, 2.24) is 10.0 Å². The molecule has 154 valence electrons. The number of carbonyl (C=O) groups is 2. The van der Waals surface area contributed by atoms with Crippen LogP contribution in [0.4, 0.5) is 10.1 Å². The summed E-state index contributed by atoms with van der Waals surface area (Å²) in [4.78, 5) is 23.5. The molecule has 1 aliphatic rings. The molecule has 0 radical (unpaired) electrons. The van der Waals surface area contributed by atoms with Crippen LogP contribution in [0, 0.1) is 19.7 Å². The topological polar surface area (TPSA) is 83.4 Å². The number of unbranched alkanes of at least 4 members (excludes halogenated alkanes) is 3. The predicted molar refractivity (Wildman–Crippen MR) is 110 cm³/mol. The highest BCUT2D eigenvalue weighted by molar-refractivity contribution is 6.34. The molecule has 3 N–H and O–H groups in total. The molecule has 0 fully saturated rings. The number of amides is 2. The Labute approximate surface area is 169 Å². The van der Waals surface area contributed by atoms with E-state index in [2.05, 4.69) is 16.0 Å². The first-order chi connectivity index (χ1) is 13.9. The zero-order chi connectivity index (χ0) is 21.0. The summed E-state index contributed by atoms with van der Waals surface area (Å²) in [6.45, 7) is 4.83. The van der Waals surface area contributed by atoms with Crippen molar-refractivity contribution in [3.63, 3.8) is 0 Å². The Morgan fingerprint density at radius 3 is 2.72 bits per heavy atom. The number of aryl methyl sites for hydroxylation is 2. The fourth-order valence-electron chi connectivity index (χ4n) is 3.76. The number of nitrogens with zero attached hydrogens (tertiary/aromatic N) is 1. The Balaban J connectivity index is 1.73. The number of hydrogen-bond donors (Lipinski definition) is 3. The van der Waals surface area contributed by atoms with E-state index in [-0.39, 0.29) is 17.6 Å². The monoisotopic (exact) mass is 399 g/mol. The molecule has 0 unspecified atom stereocenters. The summed E-state index contributed by atoms with van der Waals surface area (Å²) in [6.07, 6.45) is 5.69. The fourth-order valence-corrected chi connectivity index (χ4v) is 3.76. The normalized spacial score (nSPS) is 14.2. The Morgan fingerprint density at radius 1 is 1.21 bits per heavy atom. The van der Waals surface area contributed by atoms with Gasteiger partial charge < -0.3 is 9.88 Å². The number of benzene rings is 1. The molecule has 3 rings (SSSR count). The van der Waals surface area contributed by atoms with Crippen LogP contribution in [0.15, 0.2) is 24.3 Å². The van der Waals surface area contributed by atoms with Crippen LogP contribution in [0.2, 0.25) is 0 Å². The van der Waals surface area contributed by atoms with Crippen molar-refractivity contribution in [3.8, 4) is 0 Å². The number of fused-ring (bicyclic) bond motifs is 1. The maximum Gasteiger partial charge on any atom is 0.256 e. The van der Waals surface area contributed by atoms with Gasteiger partial charge in [0.15, 0.2) is 0 Å². The lowest BCUT2D eigenvalue weighted by Gasteiger charge is -2.11. The fraction of sp³-hybridized carbons (Fsp3) is 0.364. The largest absolute Gasteiger partial charge is 0.345 e. The van der Waals surface area contributed by atoms with Crippen molar-refractivity contribution in [3.05, 3.63) is 52.6 Å². The molecule has 29 heavy (non-hydrogen) atoms. The third kappa shape index (κ3) is 4.74. The number of hydroxylamine groups is 1. The number of nitrogens with one attached hydrogen (secondary N) is 2. The van der Waals surface area contributed by atoms with E-state index in [1.807, 2.05) is 19.9 Å². The predicted octanol–water partition coefficient (Wildman–Crippen LogP) is 4.19. The molecular weight excluding hydrogens is 373 g/mol. The summed E-state index contributed by atoms with van der Waals surface area (Å²) in [5.74, 6) is -0.954. The Bertz CT molecular complexity index is 962. The smallest absolute Gasteiger partial charge is 0.256 e. The Hall–Kier alpha value is -2.93. The summed E-state index contributed by atoms with van der Waals surface area (Å²) < 4.78 is 15.9. The van der Waals surface area contributed by atoms with Gasteiger partial charge in [-0.1, -0.05) is 12.8 Å². The van der Waals surface area contributed by atoms with Gasteiger partial charge in [0.05, 0.1) is 5.57 Å². The molecule has 7 heteroatoms. The van der Waals surface area contributed by atoms with Crippen LogP contribution in [0.5, 0.6) is 0 Å². The lowest BCUT2D eigenvalue weighted by molar-refractivity contribution is -0.129. The standard InChI is InChI=1S/C22H26FN3O3/c1-14-11-15(2)26(10-6-4-3-5-7-21(27)25-29)20(14)13-18-17-12-16(23)8-9-19(17)24-22(18)28/h8-9,11-13,29H,3-7,10H2,1-2H3,(H,24,28)(H,25,27)/b18-13-. The van der Waals surface area contributed by atoms with Gasteiger partial charge in [-0.3, -0.25) is 14.8 Å². The average Bonchev–Trinajstić information content (AvgIpc) is 3.13. The maximum atomic E-state index is 13.7. The van der Waals surface area contributed by atoms with Crippen molar-refractivity contribution in [2.75, 3.05) is 5.32 Å². The highest BCUT2D eigenvalue weighted by atomic mass is 19.1. The number of anilines is 1. The average molecular weight is 399 g/mol. The SMILES string of the molecule is Cc1cc(C)n(CCCCCCC(=O)NO)c1/C=C1\C(=O)Nc2ccc(F)cc21. The van der Waals surface area contributed by atoms with Crippen molar-refractivity contribution in [2.24, 2.45) is 0 Å². The molecular formula is C22H26FN3O3. The molecule has 0 saturated heterocycles. The molecule has 2 aromatic rings. The zero-order valence-electron chi connectivity index (χ0n) is 16.7. The zero-order valence-corrected chi connectivity index (χ0v) is 16.7. The van der Waals surface area contributed by atoms with Crippen molar-refractivity contribution in [2.45, 2.75) is 52.5 Å². The third-order valence-corrected chi connectivity index (χ3v) is 5.25. The van der Waals surface area contributed by atoms with E-state index in [0.29, 0.717) is 23.2 Å². The van der Waals surface area contributed by atoms with E-state index >= 15 is 0 Å². The quantitative estimate of drug-likeness (QED) is 0.269. The minimum absolute atomic E-state index is 0.224. The molecule has 0 aliphatic carbocycles. The highest BCUT2D eigenvalue weighted by Gasteiger charge is 2.25. The maximum absolute atomic E-state index is 13.7. The molecule has 2 heterocycles. The van der Waals surface area contributed by atoms with Gasteiger partial charge in [-0.05, 0) is 62.6 Å². The third-order valence-electron chi connectivity index (χ3n) is 5.25. The van der Waals surface area contributed by atoms with Gasteiger partial charge in [0, 0.05) is 35.6 Å². The summed E-state index contributed by atoms with van der Waals surface area (Å²) >= 11 is 0. The minimum Gasteiger partial charge on any atom is -0.345 e. The Kier molecular flexibility index (Phi) is 6.49. The molecule has 1 aliphatic heterocycles. The van der Waals surface area contributed by atoms with Crippen LogP contribution < -0.4 is 10.8 Å². The molecule has 0 bridgehead atoms. The highest BCUT2D eigenvalue weighted by Crippen LogP contribution is 2.34. The van der Waals surface area contributed by atoms with Gasteiger partial charge in [-0.15, -0.1) is 0 Å². The number of carbonyl (C=O) groups excluding carboxylic acids is 2. The first-order valence-electron chi connectivity index (χ1n) is 9.83. The summed E-state index contributed by atoms with van der Waals surface area (Å²) in [6, 6.07) is 6.39. The number of hydrogen-bond acceptors (Lipinski definition) is 3. The van der Waals surface area contributed by atoms with Crippen LogP contribution in [0.1, 0.15) is 54.6 Å². The van der Waals surface area contributed by atoms with Gasteiger partial charge in [-0.2, -0.15) is 0 Å². The van der Waals surface area contributed by atoms with Crippen molar-refractivity contribution < 1.29 is 19.2 Å². The molecule has 0 saturated carbocycles. The molecule has 1 aromatic carbocycles. The number of aromatic nitrogens is 1. The van der Waals surface area contributed by atoms with E-state index in [1.165, 1.54) is 12.1 Å².